The lowest BCUT2D eigenvalue weighted by atomic mass is 10.0. The standard InChI is InChI=1S/C20H14BrClN2O3/c21-16-6-5-12(14-3-1-2-4-15(14)16)8-20(25)24-23-10-13-7-18-19(9-17(13)22)27-11-26-18/h1-7,9-10H,8,11H2,(H,24,25)/b23-10+. The zero-order valence-corrected chi connectivity index (χ0v) is 16.4. The number of rotatable bonds is 4. The molecule has 0 spiro atoms. The molecule has 4 rings (SSSR count). The summed E-state index contributed by atoms with van der Waals surface area (Å²) in [5, 5.41) is 6.58. The van der Waals surface area contributed by atoms with Crippen molar-refractivity contribution in [2.24, 2.45) is 5.10 Å². The first-order valence-electron chi connectivity index (χ1n) is 8.19. The predicted octanol–water partition coefficient (Wildman–Crippen LogP) is 4.68. The number of carbonyl (C=O) groups is 1. The molecule has 1 aliphatic rings. The van der Waals surface area contributed by atoms with Crippen LogP contribution in [-0.4, -0.2) is 18.9 Å². The Morgan fingerprint density at radius 1 is 1.15 bits per heavy atom. The molecule has 1 aliphatic heterocycles. The van der Waals surface area contributed by atoms with E-state index >= 15 is 0 Å². The molecule has 3 aromatic rings. The lowest BCUT2D eigenvalue weighted by molar-refractivity contribution is -0.120. The van der Waals surface area contributed by atoms with Crippen LogP contribution in [-0.2, 0) is 11.2 Å². The van der Waals surface area contributed by atoms with Crippen molar-refractivity contribution in [3.63, 3.8) is 0 Å². The molecule has 1 heterocycles. The highest BCUT2D eigenvalue weighted by atomic mass is 79.9. The zero-order chi connectivity index (χ0) is 18.8. The van der Waals surface area contributed by atoms with E-state index in [2.05, 4.69) is 26.5 Å². The van der Waals surface area contributed by atoms with Gasteiger partial charge in [0.1, 0.15) is 0 Å². The Kier molecular flexibility index (Phi) is 5.01. The summed E-state index contributed by atoms with van der Waals surface area (Å²) in [6.45, 7) is 0.171. The van der Waals surface area contributed by atoms with E-state index in [9.17, 15) is 4.79 Å². The van der Waals surface area contributed by atoms with E-state index in [0.717, 1.165) is 20.8 Å². The molecule has 0 aromatic heterocycles. The number of fused-ring (bicyclic) bond motifs is 2. The van der Waals surface area contributed by atoms with Gasteiger partial charge in [0.25, 0.3) is 0 Å². The Balaban J connectivity index is 1.47. The van der Waals surface area contributed by atoms with Crippen molar-refractivity contribution in [3.8, 4) is 11.5 Å². The van der Waals surface area contributed by atoms with Gasteiger partial charge in [-0.3, -0.25) is 4.79 Å². The summed E-state index contributed by atoms with van der Waals surface area (Å²) >= 11 is 9.73. The van der Waals surface area contributed by atoms with E-state index in [1.54, 1.807) is 12.1 Å². The second kappa shape index (κ2) is 7.58. The summed E-state index contributed by atoms with van der Waals surface area (Å²) in [5.74, 6) is 0.993. The number of hydrazone groups is 1. The fourth-order valence-electron chi connectivity index (χ4n) is 2.90. The number of halogens is 2. The van der Waals surface area contributed by atoms with Crippen LogP contribution in [0.25, 0.3) is 10.8 Å². The first kappa shape index (κ1) is 17.8. The number of nitrogens with one attached hydrogen (secondary N) is 1. The largest absolute Gasteiger partial charge is 0.454 e. The van der Waals surface area contributed by atoms with Gasteiger partial charge in [-0.15, -0.1) is 0 Å². The van der Waals surface area contributed by atoms with Gasteiger partial charge < -0.3 is 9.47 Å². The lowest BCUT2D eigenvalue weighted by Crippen LogP contribution is -2.20. The Bertz CT molecular complexity index is 1070. The van der Waals surface area contributed by atoms with Gasteiger partial charge >= 0.3 is 0 Å². The molecule has 5 nitrogen and oxygen atoms in total. The molecule has 0 saturated heterocycles. The number of benzene rings is 3. The minimum Gasteiger partial charge on any atom is -0.454 e. The van der Waals surface area contributed by atoms with Crippen LogP contribution in [0.1, 0.15) is 11.1 Å². The highest BCUT2D eigenvalue weighted by Gasteiger charge is 2.15. The van der Waals surface area contributed by atoms with Gasteiger partial charge in [0.05, 0.1) is 17.7 Å². The van der Waals surface area contributed by atoms with Crippen molar-refractivity contribution in [3.05, 3.63) is 69.2 Å². The Labute approximate surface area is 169 Å². The van der Waals surface area contributed by atoms with E-state index in [4.69, 9.17) is 21.1 Å². The summed E-state index contributed by atoms with van der Waals surface area (Å²) < 4.78 is 11.6. The van der Waals surface area contributed by atoms with Crippen molar-refractivity contribution in [1.82, 2.24) is 5.43 Å². The molecule has 1 amide bonds. The maximum absolute atomic E-state index is 12.3. The summed E-state index contributed by atoms with van der Waals surface area (Å²) in [4.78, 5) is 12.3. The summed E-state index contributed by atoms with van der Waals surface area (Å²) in [7, 11) is 0. The second-order valence-electron chi connectivity index (χ2n) is 5.95. The van der Waals surface area contributed by atoms with Crippen LogP contribution in [0.3, 0.4) is 0 Å². The van der Waals surface area contributed by atoms with Gasteiger partial charge in [0.15, 0.2) is 11.5 Å². The molecule has 0 bridgehead atoms. The van der Waals surface area contributed by atoms with Crippen LogP contribution >= 0.6 is 27.5 Å². The summed E-state index contributed by atoms with van der Waals surface area (Å²) in [6, 6.07) is 15.2. The number of hydrogen-bond acceptors (Lipinski definition) is 4. The molecule has 3 aromatic carbocycles. The highest BCUT2D eigenvalue weighted by molar-refractivity contribution is 9.10. The average Bonchev–Trinajstić information content (AvgIpc) is 3.11. The first-order valence-corrected chi connectivity index (χ1v) is 9.36. The average molecular weight is 446 g/mol. The molecule has 0 aliphatic carbocycles. The third-order valence-electron chi connectivity index (χ3n) is 4.20. The molecular formula is C20H14BrClN2O3. The van der Waals surface area contributed by atoms with E-state index in [-0.39, 0.29) is 19.1 Å². The Morgan fingerprint density at radius 3 is 2.70 bits per heavy atom. The minimum absolute atomic E-state index is 0.171. The van der Waals surface area contributed by atoms with Crippen LogP contribution < -0.4 is 14.9 Å². The van der Waals surface area contributed by atoms with Crippen molar-refractivity contribution in [2.45, 2.75) is 6.42 Å². The quantitative estimate of drug-likeness (QED) is 0.469. The van der Waals surface area contributed by atoms with Crippen molar-refractivity contribution < 1.29 is 14.3 Å². The molecular weight excluding hydrogens is 432 g/mol. The fourth-order valence-corrected chi connectivity index (χ4v) is 3.58. The van der Waals surface area contributed by atoms with Gasteiger partial charge in [-0.05, 0) is 28.5 Å². The van der Waals surface area contributed by atoms with E-state index in [0.29, 0.717) is 22.1 Å². The normalized spacial score (nSPS) is 12.7. The van der Waals surface area contributed by atoms with Gasteiger partial charge in [-0.1, -0.05) is 57.9 Å². The molecule has 0 fully saturated rings. The molecule has 27 heavy (non-hydrogen) atoms. The lowest BCUT2D eigenvalue weighted by Gasteiger charge is -2.07. The molecule has 136 valence electrons. The number of amides is 1. The maximum atomic E-state index is 12.3. The monoisotopic (exact) mass is 444 g/mol. The van der Waals surface area contributed by atoms with Crippen LogP contribution in [0.15, 0.2) is 58.1 Å². The van der Waals surface area contributed by atoms with E-state index in [1.165, 1.54) is 6.21 Å². The third-order valence-corrected chi connectivity index (χ3v) is 5.22. The molecule has 0 saturated carbocycles. The van der Waals surface area contributed by atoms with E-state index in [1.807, 2.05) is 36.4 Å². The highest BCUT2D eigenvalue weighted by Crippen LogP contribution is 2.36. The van der Waals surface area contributed by atoms with Gasteiger partial charge in [0.2, 0.25) is 12.7 Å². The Hall–Kier alpha value is -2.57. The number of nitrogens with zero attached hydrogens (tertiary/aromatic N) is 1. The second-order valence-corrected chi connectivity index (χ2v) is 7.21. The SMILES string of the molecule is O=C(Cc1ccc(Br)c2ccccc12)N/N=C/c1cc2c(cc1Cl)OCO2. The topological polar surface area (TPSA) is 59.9 Å². The fraction of sp³-hybridized carbons (Fsp3) is 0.100. The number of ether oxygens (including phenoxy) is 2. The van der Waals surface area contributed by atoms with Gasteiger partial charge in [-0.2, -0.15) is 5.10 Å². The third kappa shape index (κ3) is 3.77. The Morgan fingerprint density at radius 2 is 1.89 bits per heavy atom. The zero-order valence-electron chi connectivity index (χ0n) is 14.0. The molecule has 7 heteroatoms. The molecule has 0 radical (unpaired) electrons. The summed E-state index contributed by atoms with van der Waals surface area (Å²) in [6.07, 6.45) is 1.71. The van der Waals surface area contributed by atoms with Crippen LogP contribution in [0.4, 0.5) is 0 Å². The maximum Gasteiger partial charge on any atom is 0.244 e. The van der Waals surface area contributed by atoms with Gasteiger partial charge in [0, 0.05) is 16.1 Å². The summed E-state index contributed by atoms with van der Waals surface area (Å²) in [5.41, 5.74) is 4.11. The van der Waals surface area contributed by atoms with Crippen molar-refractivity contribution >= 4 is 50.4 Å². The van der Waals surface area contributed by atoms with E-state index < -0.39 is 0 Å². The number of hydrogen-bond donors (Lipinski definition) is 1. The van der Waals surface area contributed by atoms with Crippen molar-refractivity contribution in [1.29, 1.82) is 0 Å². The van der Waals surface area contributed by atoms with Crippen LogP contribution in [0, 0.1) is 0 Å². The predicted molar refractivity (Wildman–Crippen MR) is 109 cm³/mol. The van der Waals surface area contributed by atoms with Crippen LogP contribution in [0.2, 0.25) is 5.02 Å². The number of carbonyl (C=O) groups excluding carboxylic acids is 1. The van der Waals surface area contributed by atoms with Crippen LogP contribution in [0.5, 0.6) is 11.5 Å². The molecule has 1 N–H and O–H groups in total. The molecule has 0 unspecified atom stereocenters. The minimum atomic E-state index is -0.212. The van der Waals surface area contributed by atoms with Crippen molar-refractivity contribution in [2.75, 3.05) is 6.79 Å². The molecule has 0 atom stereocenters. The first-order chi connectivity index (χ1) is 13.1. The van der Waals surface area contributed by atoms with Gasteiger partial charge in [-0.25, -0.2) is 5.43 Å². The smallest absolute Gasteiger partial charge is 0.244 e.